The number of aryl methyl sites for hydroxylation is 1. The number of hydrogen-bond acceptors (Lipinski definition) is 2. The van der Waals surface area contributed by atoms with Crippen LogP contribution >= 0.6 is 11.6 Å². The van der Waals surface area contributed by atoms with E-state index in [4.69, 9.17) is 11.6 Å². The van der Waals surface area contributed by atoms with Crippen LogP contribution in [0.4, 0.5) is 0 Å². The minimum atomic E-state index is 0.0351. The average molecular weight is 249 g/mol. The highest BCUT2D eigenvalue weighted by Gasteiger charge is 2.10. The molecule has 0 saturated heterocycles. The van der Waals surface area contributed by atoms with Gasteiger partial charge in [-0.25, -0.2) is 0 Å². The molecule has 0 spiro atoms. The molecule has 0 aliphatic rings. The smallest absolute Gasteiger partial charge is 0.184 e. The lowest BCUT2D eigenvalue weighted by molar-refractivity contribution is 0.0967. The number of carbonyl (C=O) groups excluding carboxylic acids is 1. The van der Waals surface area contributed by atoms with Gasteiger partial charge in [0.25, 0.3) is 0 Å². The molecule has 0 atom stereocenters. The van der Waals surface area contributed by atoms with Gasteiger partial charge in [0.15, 0.2) is 5.78 Å². The number of ketones is 1. The third kappa shape index (κ3) is 2.56. The van der Waals surface area contributed by atoms with Gasteiger partial charge in [-0.3, -0.25) is 9.48 Å². The summed E-state index contributed by atoms with van der Waals surface area (Å²) in [6.45, 7) is 4.06. The second-order valence-electron chi connectivity index (χ2n) is 4.02. The van der Waals surface area contributed by atoms with Crippen molar-refractivity contribution in [1.82, 2.24) is 9.78 Å². The van der Waals surface area contributed by atoms with Crippen LogP contribution in [-0.4, -0.2) is 15.6 Å². The van der Waals surface area contributed by atoms with Crippen molar-refractivity contribution >= 4 is 17.4 Å². The SMILES string of the molecule is Cc1ccc(C(=O)Cn2ncc(Cl)c2C)cc1. The van der Waals surface area contributed by atoms with Crippen molar-refractivity contribution in [3.8, 4) is 0 Å². The van der Waals surface area contributed by atoms with Crippen LogP contribution in [0.1, 0.15) is 21.6 Å². The summed E-state index contributed by atoms with van der Waals surface area (Å²) in [4.78, 5) is 12.0. The van der Waals surface area contributed by atoms with Crippen LogP contribution in [0.25, 0.3) is 0 Å². The highest BCUT2D eigenvalue weighted by Crippen LogP contribution is 2.14. The second-order valence-corrected chi connectivity index (χ2v) is 4.43. The molecule has 4 heteroatoms. The van der Waals surface area contributed by atoms with Crippen LogP contribution in [0.3, 0.4) is 0 Å². The van der Waals surface area contributed by atoms with Crippen molar-refractivity contribution in [2.45, 2.75) is 20.4 Å². The lowest BCUT2D eigenvalue weighted by Crippen LogP contribution is -2.12. The number of rotatable bonds is 3. The second kappa shape index (κ2) is 4.72. The third-order valence-electron chi connectivity index (χ3n) is 2.71. The van der Waals surface area contributed by atoms with Gasteiger partial charge in [-0.1, -0.05) is 41.4 Å². The molecule has 1 aromatic heterocycles. The molecule has 0 fully saturated rings. The van der Waals surface area contributed by atoms with Crippen molar-refractivity contribution in [3.63, 3.8) is 0 Å². The van der Waals surface area contributed by atoms with E-state index in [1.165, 1.54) is 0 Å². The summed E-state index contributed by atoms with van der Waals surface area (Å²) < 4.78 is 1.62. The molecular weight excluding hydrogens is 236 g/mol. The summed E-state index contributed by atoms with van der Waals surface area (Å²) in [5.41, 5.74) is 2.65. The predicted molar refractivity (Wildman–Crippen MR) is 67.5 cm³/mol. The van der Waals surface area contributed by atoms with E-state index in [0.717, 1.165) is 11.3 Å². The molecule has 3 nitrogen and oxygen atoms in total. The Bertz CT molecular complexity index is 543. The minimum Gasteiger partial charge on any atom is -0.292 e. The molecule has 0 N–H and O–H groups in total. The van der Waals surface area contributed by atoms with E-state index < -0.39 is 0 Å². The molecule has 0 saturated carbocycles. The Morgan fingerprint density at radius 2 is 1.94 bits per heavy atom. The van der Waals surface area contributed by atoms with Gasteiger partial charge < -0.3 is 0 Å². The van der Waals surface area contributed by atoms with Crippen LogP contribution in [0, 0.1) is 13.8 Å². The number of aromatic nitrogens is 2. The zero-order valence-electron chi connectivity index (χ0n) is 9.77. The molecule has 17 heavy (non-hydrogen) atoms. The topological polar surface area (TPSA) is 34.9 Å². The largest absolute Gasteiger partial charge is 0.292 e. The first-order valence-corrected chi connectivity index (χ1v) is 5.73. The van der Waals surface area contributed by atoms with Crippen LogP contribution in [0.5, 0.6) is 0 Å². The maximum Gasteiger partial charge on any atom is 0.184 e. The van der Waals surface area contributed by atoms with Crippen molar-refractivity contribution in [2.24, 2.45) is 0 Å². The molecule has 0 aliphatic carbocycles. The lowest BCUT2D eigenvalue weighted by Gasteiger charge is -2.04. The Kier molecular flexibility index (Phi) is 3.29. The molecule has 0 bridgehead atoms. The molecule has 2 aromatic rings. The van der Waals surface area contributed by atoms with Crippen molar-refractivity contribution in [3.05, 3.63) is 52.3 Å². The van der Waals surface area contributed by atoms with Gasteiger partial charge in [-0.15, -0.1) is 0 Å². The third-order valence-corrected chi connectivity index (χ3v) is 3.08. The number of halogens is 1. The van der Waals surface area contributed by atoms with E-state index in [9.17, 15) is 4.79 Å². The molecule has 0 unspecified atom stereocenters. The molecule has 1 aromatic carbocycles. The van der Waals surface area contributed by atoms with E-state index in [1.54, 1.807) is 10.9 Å². The maximum atomic E-state index is 12.0. The predicted octanol–water partition coefficient (Wildman–Crippen LogP) is 3.04. The number of hydrogen-bond donors (Lipinski definition) is 0. The Morgan fingerprint density at radius 3 is 2.47 bits per heavy atom. The Morgan fingerprint density at radius 1 is 1.29 bits per heavy atom. The zero-order chi connectivity index (χ0) is 12.4. The highest BCUT2D eigenvalue weighted by atomic mass is 35.5. The van der Waals surface area contributed by atoms with Gasteiger partial charge in [0.05, 0.1) is 16.9 Å². The number of Topliss-reactive ketones (excluding diaryl/α,β-unsaturated/α-hetero) is 1. The molecular formula is C13H13ClN2O. The summed E-state index contributed by atoms with van der Waals surface area (Å²) in [5.74, 6) is 0.0351. The number of nitrogens with zero attached hydrogens (tertiary/aromatic N) is 2. The molecule has 88 valence electrons. The fraction of sp³-hybridized carbons (Fsp3) is 0.231. The Labute approximate surface area is 105 Å². The summed E-state index contributed by atoms with van der Waals surface area (Å²) in [6, 6.07) is 7.52. The molecule has 0 aliphatic heterocycles. The lowest BCUT2D eigenvalue weighted by atomic mass is 10.1. The van der Waals surface area contributed by atoms with Gasteiger partial charge in [-0.05, 0) is 13.8 Å². The monoisotopic (exact) mass is 248 g/mol. The average Bonchev–Trinajstić information content (AvgIpc) is 2.62. The van der Waals surface area contributed by atoms with Crippen molar-refractivity contribution in [1.29, 1.82) is 0 Å². The standard InChI is InChI=1S/C13H13ClN2O/c1-9-3-5-11(6-4-9)13(17)8-16-10(2)12(14)7-15-16/h3-7H,8H2,1-2H3. The Balaban J connectivity index is 2.17. The first kappa shape index (κ1) is 11.9. The van der Waals surface area contributed by atoms with Gasteiger partial charge in [-0.2, -0.15) is 5.10 Å². The molecule has 2 rings (SSSR count). The van der Waals surface area contributed by atoms with E-state index in [0.29, 0.717) is 10.6 Å². The summed E-state index contributed by atoms with van der Waals surface area (Å²) in [6.07, 6.45) is 1.55. The summed E-state index contributed by atoms with van der Waals surface area (Å²) in [7, 11) is 0. The van der Waals surface area contributed by atoms with Gasteiger partial charge in [0.2, 0.25) is 0 Å². The fourth-order valence-corrected chi connectivity index (χ4v) is 1.69. The van der Waals surface area contributed by atoms with Crippen LogP contribution < -0.4 is 0 Å². The van der Waals surface area contributed by atoms with Gasteiger partial charge in [0, 0.05) is 5.56 Å². The van der Waals surface area contributed by atoms with Crippen molar-refractivity contribution in [2.75, 3.05) is 0 Å². The van der Waals surface area contributed by atoms with E-state index >= 15 is 0 Å². The van der Waals surface area contributed by atoms with Crippen molar-refractivity contribution < 1.29 is 4.79 Å². The molecule has 1 heterocycles. The quantitative estimate of drug-likeness (QED) is 0.783. The van der Waals surface area contributed by atoms with Gasteiger partial charge >= 0.3 is 0 Å². The maximum absolute atomic E-state index is 12.0. The highest BCUT2D eigenvalue weighted by molar-refractivity contribution is 6.31. The number of benzene rings is 1. The number of carbonyl (C=O) groups is 1. The first-order valence-electron chi connectivity index (χ1n) is 5.35. The summed E-state index contributed by atoms with van der Waals surface area (Å²) >= 11 is 5.88. The minimum absolute atomic E-state index is 0.0351. The Hall–Kier alpha value is -1.61. The van der Waals surface area contributed by atoms with E-state index in [2.05, 4.69) is 5.10 Å². The van der Waals surface area contributed by atoms with Crippen LogP contribution in [0.2, 0.25) is 5.02 Å². The van der Waals surface area contributed by atoms with Gasteiger partial charge in [0.1, 0.15) is 6.54 Å². The van der Waals surface area contributed by atoms with E-state index in [1.807, 2.05) is 38.1 Å². The van der Waals surface area contributed by atoms with Crippen LogP contribution in [-0.2, 0) is 6.54 Å². The molecule has 0 amide bonds. The van der Waals surface area contributed by atoms with E-state index in [-0.39, 0.29) is 12.3 Å². The zero-order valence-corrected chi connectivity index (χ0v) is 10.5. The summed E-state index contributed by atoms with van der Waals surface area (Å²) in [5, 5.41) is 4.65. The first-order chi connectivity index (χ1) is 8.08. The normalized spacial score (nSPS) is 10.5. The van der Waals surface area contributed by atoms with Crippen LogP contribution in [0.15, 0.2) is 30.5 Å². The fourth-order valence-electron chi connectivity index (χ4n) is 1.55. The molecule has 0 radical (unpaired) electrons.